The van der Waals surface area contributed by atoms with Crippen LogP contribution in [-0.4, -0.2) is 81.1 Å². The van der Waals surface area contributed by atoms with Crippen LogP contribution in [0.2, 0.25) is 0 Å². The molecule has 4 atom stereocenters. The smallest absolute Gasteiger partial charge is 0.407 e. The molecule has 11 heteroatoms. The van der Waals surface area contributed by atoms with Crippen molar-refractivity contribution in [2.45, 2.75) is 63.7 Å². The molecule has 1 aliphatic carbocycles. The number of rotatable bonds is 8. The molecular formula is C41H44N8O3. The number of fused-ring (bicyclic) bond motifs is 1. The minimum Gasteiger partial charge on any atom is -0.453 e. The highest BCUT2D eigenvalue weighted by Gasteiger charge is 2.55. The molecule has 1 spiro atoms. The van der Waals surface area contributed by atoms with Crippen LogP contribution < -0.4 is 5.32 Å². The summed E-state index contributed by atoms with van der Waals surface area (Å²) in [5, 5.41) is 5.02. The van der Waals surface area contributed by atoms with Crippen molar-refractivity contribution in [3.63, 3.8) is 0 Å². The van der Waals surface area contributed by atoms with E-state index < -0.39 is 12.1 Å². The quantitative estimate of drug-likeness (QED) is 0.146. The number of carbonyl (C=O) groups excluding carboxylic acids is 2. The standard InChI is InChI=1S/C41H44N8O3/c1-24(2)36(47-40(51)52-5)39(50)49-23-41(14-15-41)19-35(49)38-44-21-33(46-38)30-13-12-28-16-27(10-11-29(28)17-30)25-6-8-26(9-7-25)32-20-43-37(45-32)34-18-31(42-3)22-48(34)4/h6-13,16-17,20-21,24,31,34-36H,14-15,18-19,22-23H2,1-2,4-5H3,(H,43,45)(H,44,46)(H,47,51)/t31-,34-,35-,36-/m0/s1. The fraction of sp³-hybridized carbons (Fsp3) is 0.390. The normalized spacial score (nSPS) is 21.5. The van der Waals surface area contributed by atoms with Crippen LogP contribution in [0.25, 0.3) is 49.3 Å². The van der Waals surface area contributed by atoms with Gasteiger partial charge in [-0.15, -0.1) is 0 Å². The third kappa shape index (κ3) is 6.32. The average Bonchev–Trinajstić information content (AvgIpc) is 3.62. The molecule has 3 fully saturated rings. The lowest BCUT2D eigenvalue weighted by molar-refractivity contribution is -0.135. The predicted molar refractivity (Wildman–Crippen MR) is 200 cm³/mol. The number of nitrogens with one attached hydrogen (secondary N) is 3. The highest BCUT2D eigenvalue weighted by Crippen LogP contribution is 2.58. The first-order valence-electron chi connectivity index (χ1n) is 18.1. The number of likely N-dealkylation sites (N-methyl/N-ethyl adjacent to an activating group) is 1. The van der Waals surface area contributed by atoms with Gasteiger partial charge >= 0.3 is 6.09 Å². The maximum absolute atomic E-state index is 13.8. The van der Waals surface area contributed by atoms with Crippen LogP contribution in [-0.2, 0) is 9.53 Å². The predicted octanol–water partition coefficient (Wildman–Crippen LogP) is 7.39. The topological polar surface area (TPSA) is 124 Å². The molecule has 3 aromatic carbocycles. The largest absolute Gasteiger partial charge is 0.453 e. The van der Waals surface area contributed by atoms with Crippen LogP contribution in [0.3, 0.4) is 0 Å². The number of nitrogens with zero attached hydrogens (tertiary/aromatic N) is 5. The Bertz CT molecular complexity index is 2180. The van der Waals surface area contributed by atoms with Gasteiger partial charge in [0.05, 0.1) is 49.5 Å². The molecule has 0 radical (unpaired) electrons. The fourth-order valence-electron chi connectivity index (χ4n) is 8.08. The van der Waals surface area contributed by atoms with Crippen molar-refractivity contribution in [3.05, 3.63) is 96.1 Å². The Hall–Kier alpha value is -5.47. The molecule has 11 nitrogen and oxygen atoms in total. The van der Waals surface area contributed by atoms with Crippen LogP contribution in [0, 0.1) is 17.9 Å². The summed E-state index contributed by atoms with van der Waals surface area (Å²) in [5.41, 5.74) is 6.39. The van der Waals surface area contributed by atoms with Gasteiger partial charge in [0.1, 0.15) is 17.7 Å². The monoisotopic (exact) mass is 696 g/mol. The number of aromatic nitrogens is 4. The zero-order valence-corrected chi connectivity index (χ0v) is 30.0. The summed E-state index contributed by atoms with van der Waals surface area (Å²) in [6.45, 7) is 12.7. The first-order chi connectivity index (χ1) is 25.1. The van der Waals surface area contributed by atoms with Crippen molar-refractivity contribution in [1.82, 2.24) is 35.1 Å². The van der Waals surface area contributed by atoms with Crippen molar-refractivity contribution in [1.29, 1.82) is 0 Å². The van der Waals surface area contributed by atoms with Gasteiger partial charge in [-0.2, -0.15) is 0 Å². The second-order valence-corrected chi connectivity index (χ2v) is 15.2. The van der Waals surface area contributed by atoms with Gasteiger partial charge in [0, 0.05) is 18.5 Å². The SMILES string of the molecule is [C-]#[N+][C@H]1C[C@@H](c2ncc(-c3ccc(-c4ccc5cc(-c6cnc([C@@H]7CC8(CC8)CN7C(=O)[C@@H](NC(=O)OC)C(C)C)[nH]6)ccc5c4)cc3)[nH]2)N(C)C1. The summed E-state index contributed by atoms with van der Waals surface area (Å²) in [5.74, 6) is 1.51. The molecule has 3 N–H and O–H groups in total. The van der Waals surface area contributed by atoms with Crippen LogP contribution in [0.4, 0.5) is 4.79 Å². The van der Waals surface area contributed by atoms with Gasteiger partial charge in [-0.1, -0.05) is 62.4 Å². The Balaban J connectivity index is 0.980. The van der Waals surface area contributed by atoms with Crippen LogP contribution in [0.5, 0.6) is 0 Å². The molecule has 2 saturated heterocycles. The van der Waals surface area contributed by atoms with Gasteiger partial charge in [0.25, 0.3) is 0 Å². The number of carbonyl (C=O) groups is 2. The summed E-state index contributed by atoms with van der Waals surface area (Å²) in [6, 6.07) is 20.8. The van der Waals surface area contributed by atoms with E-state index in [1.165, 1.54) is 7.11 Å². The fourth-order valence-corrected chi connectivity index (χ4v) is 8.08. The molecule has 1 saturated carbocycles. The van der Waals surface area contributed by atoms with Crippen molar-refractivity contribution >= 4 is 22.8 Å². The molecule has 266 valence electrons. The summed E-state index contributed by atoms with van der Waals surface area (Å²) in [7, 11) is 3.37. The number of aromatic amines is 2. The first kappa shape index (κ1) is 33.7. The van der Waals surface area contributed by atoms with Gasteiger partial charge in [0.15, 0.2) is 0 Å². The average molecular weight is 697 g/mol. The Labute approximate surface area is 303 Å². The number of hydrogen-bond donors (Lipinski definition) is 3. The van der Waals surface area contributed by atoms with Crippen LogP contribution >= 0.6 is 0 Å². The summed E-state index contributed by atoms with van der Waals surface area (Å²) in [4.78, 5) is 50.3. The van der Waals surface area contributed by atoms with E-state index in [1.54, 1.807) is 0 Å². The summed E-state index contributed by atoms with van der Waals surface area (Å²) >= 11 is 0. The molecule has 0 unspecified atom stereocenters. The number of H-pyrrole nitrogens is 2. The second kappa shape index (κ2) is 13.3. The molecule has 2 amide bonds. The van der Waals surface area contributed by atoms with E-state index in [4.69, 9.17) is 16.3 Å². The van der Waals surface area contributed by atoms with E-state index >= 15 is 0 Å². The number of ether oxygens (including phenoxy) is 1. The number of alkyl carbamates (subject to hydrolysis) is 1. The zero-order chi connectivity index (χ0) is 36.1. The number of likely N-dealkylation sites (tertiary alicyclic amines) is 2. The highest BCUT2D eigenvalue weighted by atomic mass is 16.5. The lowest BCUT2D eigenvalue weighted by Gasteiger charge is -2.30. The van der Waals surface area contributed by atoms with E-state index in [1.807, 2.05) is 31.1 Å². The molecule has 52 heavy (non-hydrogen) atoms. The van der Waals surface area contributed by atoms with E-state index in [-0.39, 0.29) is 35.4 Å². The number of imidazole rings is 2. The Morgan fingerprint density at radius 1 is 0.904 bits per heavy atom. The maximum atomic E-state index is 13.8. The third-order valence-electron chi connectivity index (χ3n) is 11.4. The van der Waals surface area contributed by atoms with E-state index in [0.717, 1.165) is 88.3 Å². The summed E-state index contributed by atoms with van der Waals surface area (Å²) in [6.07, 6.45) is 7.02. The van der Waals surface area contributed by atoms with Crippen molar-refractivity contribution in [2.75, 3.05) is 27.2 Å². The Morgan fingerprint density at radius 3 is 2.12 bits per heavy atom. The third-order valence-corrected chi connectivity index (χ3v) is 11.4. The second-order valence-electron chi connectivity index (χ2n) is 15.2. The number of hydrogen-bond acceptors (Lipinski definition) is 6. The molecule has 8 rings (SSSR count). The molecule has 4 heterocycles. The molecule has 5 aromatic rings. The Morgan fingerprint density at radius 2 is 1.50 bits per heavy atom. The number of benzene rings is 3. The van der Waals surface area contributed by atoms with Crippen LogP contribution in [0.1, 0.15) is 63.3 Å². The van der Waals surface area contributed by atoms with Crippen LogP contribution in [0.15, 0.2) is 73.1 Å². The van der Waals surface area contributed by atoms with Gasteiger partial charge in [0.2, 0.25) is 11.9 Å². The van der Waals surface area contributed by atoms with Gasteiger partial charge in [-0.3, -0.25) is 9.69 Å². The number of amides is 2. The summed E-state index contributed by atoms with van der Waals surface area (Å²) < 4.78 is 4.81. The molecule has 2 aliphatic heterocycles. The lowest BCUT2D eigenvalue weighted by atomic mass is 9.98. The zero-order valence-electron chi connectivity index (χ0n) is 30.0. The Kier molecular flexibility index (Phi) is 8.58. The van der Waals surface area contributed by atoms with Crippen molar-refractivity contribution < 1.29 is 14.3 Å². The van der Waals surface area contributed by atoms with Crippen molar-refractivity contribution in [3.8, 4) is 33.6 Å². The molecule has 0 bridgehead atoms. The minimum absolute atomic E-state index is 0.0269. The van der Waals surface area contributed by atoms with Gasteiger partial charge in [-0.25, -0.2) is 21.3 Å². The first-order valence-corrected chi connectivity index (χ1v) is 18.1. The molecule has 3 aliphatic rings. The van der Waals surface area contributed by atoms with E-state index in [2.05, 4.69) is 97.7 Å². The van der Waals surface area contributed by atoms with Crippen molar-refractivity contribution in [2.24, 2.45) is 11.3 Å². The van der Waals surface area contributed by atoms with E-state index in [9.17, 15) is 9.59 Å². The molecular weight excluding hydrogens is 653 g/mol. The highest BCUT2D eigenvalue weighted by molar-refractivity contribution is 5.91. The maximum Gasteiger partial charge on any atom is 0.407 e. The molecule has 2 aromatic heterocycles. The van der Waals surface area contributed by atoms with Gasteiger partial charge < -0.3 is 29.8 Å². The van der Waals surface area contributed by atoms with E-state index in [0.29, 0.717) is 6.54 Å². The minimum atomic E-state index is -0.671. The lowest BCUT2D eigenvalue weighted by Crippen LogP contribution is -2.51. The van der Waals surface area contributed by atoms with Gasteiger partial charge in [-0.05, 0) is 77.2 Å². The number of methoxy groups -OCH3 is 1.